The number of fused-ring (bicyclic) bond motifs is 8. The van der Waals surface area contributed by atoms with Crippen LogP contribution in [0, 0.1) is 0 Å². The smallest absolute Gasteiger partial charge is 0.196 e. The van der Waals surface area contributed by atoms with Crippen molar-refractivity contribution >= 4 is 88.6 Å². The van der Waals surface area contributed by atoms with E-state index in [1.807, 2.05) is 0 Å². The predicted molar refractivity (Wildman–Crippen MR) is 269 cm³/mol. The summed E-state index contributed by atoms with van der Waals surface area (Å²) in [4.78, 5) is 0. The number of hydrogen-bond acceptors (Lipinski definition) is 2. The van der Waals surface area contributed by atoms with Gasteiger partial charge in [-0.25, -0.2) is 0 Å². The summed E-state index contributed by atoms with van der Waals surface area (Å²) < 4.78 is 11.8. The highest BCUT2D eigenvalue weighted by molar-refractivity contribution is 6.31. The lowest BCUT2D eigenvalue weighted by Crippen LogP contribution is -2.31. The van der Waals surface area contributed by atoms with E-state index in [-0.39, 0.29) is 12.1 Å². The lowest BCUT2D eigenvalue weighted by Gasteiger charge is -2.20. The van der Waals surface area contributed by atoms with Crippen molar-refractivity contribution < 1.29 is 4.74 Å². The van der Waals surface area contributed by atoms with Crippen molar-refractivity contribution in [3.05, 3.63) is 227 Å². The predicted octanol–water partition coefficient (Wildman–Crippen LogP) is 13.5. The van der Waals surface area contributed by atoms with Gasteiger partial charge in [0.2, 0.25) is 0 Å². The molecule has 12 aromatic rings. The minimum absolute atomic E-state index is 0.264. The molecule has 0 saturated heterocycles. The maximum absolute atomic E-state index is 6.90. The molecule has 0 radical (unpaired) electrons. The molecule has 0 amide bonds. The van der Waals surface area contributed by atoms with Crippen LogP contribution in [-0.2, 0) is 4.74 Å². The Morgan fingerprint density at radius 3 is 2.09 bits per heavy atom. The van der Waals surface area contributed by atoms with Crippen LogP contribution in [-0.4, -0.2) is 9.13 Å². The van der Waals surface area contributed by atoms with Crippen molar-refractivity contribution in [2.75, 3.05) is 0 Å². The number of rotatable bonds is 5. The van der Waals surface area contributed by atoms with Crippen LogP contribution < -0.4 is 15.9 Å². The molecule has 3 aliphatic rings. The average Bonchev–Trinajstić information content (AvgIpc) is 4.12. The normalized spacial score (nSPS) is 16.4. The molecule has 0 saturated carbocycles. The van der Waals surface area contributed by atoms with Crippen molar-refractivity contribution in [3.8, 4) is 22.5 Å². The van der Waals surface area contributed by atoms with Gasteiger partial charge in [0.25, 0.3) is 0 Å². The molecule has 3 heterocycles. The van der Waals surface area contributed by atoms with Crippen molar-refractivity contribution in [2.24, 2.45) is 0 Å². The summed E-state index contributed by atoms with van der Waals surface area (Å²) >= 11 is 0. The number of para-hydroxylation sites is 3. The van der Waals surface area contributed by atoms with E-state index in [4.69, 9.17) is 4.74 Å². The fourth-order valence-corrected chi connectivity index (χ4v) is 11.7. The minimum atomic E-state index is -0.267. The summed E-state index contributed by atoms with van der Waals surface area (Å²) in [6.45, 7) is 0. The fraction of sp³-hybridized carbons (Fsp3) is 0.0492. The molecule has 4 nitrogen and oxygen atoms in total. The van der Waals surface area contributed by atoms with E-state index < -0.39 is 0 Å². The molecule has 1 aliphatic heterocycles. The van der Waals surface area contributed by atoms with Gasteiger partial charge >= 0.3 is 0 Å². The third kappa shape index (κ3) is 4.91. The number of benzene rings is 10. The Morgan fingerprint density at radius 2 is 1.22 bits per heavy atom. The second-order valence-electron chi connectivity index (χ2n) is 18.0. The van der Waals surface area contributed by atoms with Crippen LogP contribution in [0.1, 0.15) is 40.8 Å². The molecular weight excluding hydrogens is 791 g/mol. The fourth-order valence-electron chi connectivity index (χ4n) is 11.7. The summed E-state index contributed by atoms with van der Waals surface area (Å²) in [5.74, 6) is 1.21. The number of ether oxygens (including phenoxy) is 1. The lowest BCUT2D eigenvalue weighted by molar-refractivity contribution is 0.175. The summed E-state index contributed by atoms with van der Waals surface area (Å²) in [6, 6.07) is 71.2. The maximum atomic E-state index is 6.90. The van der Waals surface area contributed by atoms with Gasteiger partial charge in [-0.05, 0) is 99.3 Å². The Kier molecular flexibility index (Phi) is 7.09. The standard InChI is InChI=1S/C61H39N3O/c1-3-12-36(13-4-1)38-14-11-15-42(32-38)61-62-59-47-28-23-37-22-27-46-53(31-26-41-35-50(60(59)65-61)58(47)57(37)56(41)46)64-52-21-10-8-19-45(52)49-34-40(25-30-55(49)64)39-24-29-54-48(33-39)44-18-7-9-20-51(44)63(54)43-16-5-2-6-17-43/h1-23,25-35,39,61-62H,24H2. The van der Waals surface area contributed by atoms with Gasteiger partial charge in [0, 0.05) is 65.8 Å². The molecule has 1 N–H and O–H groups in total. The Labute approximate surface area is 374 Å². The third-order valence-electron chi connectivity index (χ3n) is 14.6. The Morgan fingerprint density at radius 1 is 0.477 bits per heavy atom. The monoisotopic (exact) mass is 829 g/mol. The minimum Gasteiger partial charge on any atom is -0.464 e. The zero-order chi connectivity index (χ0) is 42.3. The van der Waals surface area contributed by atoms with Gasteiger partial charge in [0.1, 0.15) is 0 Å². The van der Waals surface area contributed by atoms with Crippen LogP contribution in [0.3, 0.4) is 0 Å². The number of nitrogens with one attached hydrogen (secondary N) is 1. The van der Waals surface area contributed by atoms with Gasteiger partial charge in [0.15, 0.2) is 12.0 Å². The van der Waals surface area contributed by atoms with Gasteiger partial charge in [-0.2, -0.15) is 0 Å². The van der Waals surface area contributed by atoms with Gasteiger partial charge in [0.05, 0.1) is 27.9 Å². The molecule has 65 heavy (non-hydrogen) atoms. The molecule has 4 heteroatoms. The molecule has 2 atom stereocenters. The number of hydrogen-bond donors (Lipinski definition) is 1. The van der Waals surface area contributed by atoms with Crippen LogP contribution in [0.4, 0.5) is 0 Å². The van der Waals surface area contributed by atoms with E-state index in [2.05, 4.69) is 221 Å². The molecule has 2 unspecified atom stereocenters. The molecule has 0 spiro atoms. The average molecular weight is 830 g/mol. The molecule has 15 rings (SSSR count). The number of aromatic nitrogens is 2. The highest BCUT2D eigenvalue weighted by Crippen LogP contribution is 2.52. The Balaban J connectivity index is 0.846. The molecule has 0 fully saturated rings. The second-order valence-corrected chi connectivity index (χ2v) is 18.0. The number of nitrogens with zero attached hydrogens (tertiary/aromatic N) is 2. The molecule has 304 valence electrons. The van der Waals surface area contributed by atoms with E-state index in [1.54, 1.807) is 0 Å². The van der Waals surface area contributed by atoms with Gasteiger partial charge < -0.3 is 19.2 Å². The summed E-state index contributed by atoms with van der Waals surface area (Å²) in [5, 5.41) is 17.9. The van der Waals surface area contributed by atoms with E-state index in [0.717, 1.165) is 23.4 Å². The Hall–Kier alpha value is -8.34. The third-order valence-corrected chi connectivity index (χ3v) is 14.6. The quantitative estimate of drug-likeness (QED) is 0.175. The zero-order valence-electron chi connectivity index (χ0n) is 35.3. The summed E-state index contributed by atoms with van der Waals surface area (Å²) in [7, 11) is 0. The van der Waals surface area contributed by atoms with E-state index >= 15 is 0 Å². The first-order valence-corrected chi connectivity index (χ1v) is 22.7. The summed E-state index contributed by atoms with van der Waals surface area (Å²) in [6.07, 6.45) is 5.65. The zero-order valence-corrected chi connectivity index (χ0v) is 35.3. The lowest BCUT2D eigenvalue weighted by atomic mass is 9.90. The summed E-state index contributed by atoms with van der Waals surface area (Å²) in [5.41, 5.74) is 14.4. The highest BCUT2D eigenvalue weighted by Gasteiger charge is 2.36. The van der Waals surface area contributed by atoms with Crippen molar-refractivity contribution in [1.82, 2.24) is 14.5 Å². The molecule has 10 aromatic carbocycles. The molecule has 0 bridgehead atoms. The van der Waals surface area contributed by atoms with Crippen LogP contribution in [0.2, 0.25) is 0 Å². The Bertz CT molecular complexity index is 4160. The molecule has 2 aliphatic carbocycles. The first-order chi connectivity index (χ1) is 32.2. The van der Waals surface area contributed by atoms with Crippen molar-refractivity contribution in [1.29, 1.82) is 0 Å². The topological polar surface area (TPSA) is 31.1 Å². The van der Waals surface area contributed by atoms with E-state index in [9.17, 15) is 0 Å². The van der Waals surface area contributed by atoms with Crippen molar-refractivity contribution in [3.63, 3.8) is 0 Å². The van der Waals surface area contributed by atoms with Crippen LogP contribution in [0.25, 0.3) is 111 Å². The molecule has 2 aromatic heterocycles. The first-order valence-electron chi connectivity index (χ1n) is 22.7. The SMILES string of the molecule is C1=c2c(n(-c3ccccc3)c3ccccc23)=CCC1c1ccc2c(c1)c1ccccc1n2-c1ccc2cc3c4c(ccc5ccc1c2c54)C1=C3OC(c2cccc(-c3ccccc3)c2)N1. The second kappa shape index (κ2) is 13.1. The van der Waals surface area contributed by atoms with E-state index in [0.29, 0.717) is 0 Å². The van der Waals surface area contributed by atoms with Gasteiger partial charge in [-0.1, -0.05) is 152 Å². The van der Waals surface area contributed by atoms with Crippen LogP contribution in [0.15, 0.2) is 194 Å². The maximum Gasteiger partial charge on any atom is 0.196 e. The highest BCUT2D eigenvalue weighted by atomic mass is 16.5. The van der Waals surface area contributed by atoms with Crippen LogP contribution in [0.5, 0.6) is 0 Å². The van der Waals surface area contributed by atoms with Gasteiger partial charge in [-0.3, -0.25) is 0 Å². The van der Waals surface area contributed by atoms with Gasteiger partial charge in [-0.15, -0.1) is 0 Å². The molecular formula is C61H39N3O. The largest absolute Gasteiger partial charge is 0.464 e. The van der Waals surface area contributed by atoms with Crippen LogP contribution >= 0.6 is 0 Å². The van der Waals surface area contributed by atoms with Crippen molar-refractivity contribution in [2.45, 2.75) is 18.6 Å². The van der Waals surface area contributed by atoms with E-state index in [1.165, 1.54) is 115 Å². The first kappa shape index (κ1) is 35.2.